The predicted molar refractivity (Wildman–Crippen MR) is 123 cm³/mol. The van der Waals surface area contributed by atoms with Crippen molar-refractivity contribution in [1.82, 2.24) is 0 Å². The number of rotatable bonds is 14. The van der Waals surface area contributed by atoms with Gasteiger partial charge in [-0.05, 0) is 31.4 Å². The van der Waals surface area contributed by atoms with E-state index in [4.69, 9.17) is 0 Å². The summed E-state index contributed by atoms with van der Waals surface area (Å²) < 4.78 is 0. The average molecular weight is 522 g/mol. The van der Waals surface area contributed by atoms with Crippen molar-refractivity contribution in [2.45, 2.75) is 31.3 Å². The van der Waals surface area contributed by atoms with Gasteiger partial charge in [0.25, 0.3) is 22.7 Å². The zero-order valence-corrected chi connectivity index (χ0v) is 18.5. The SMILES string of the molecule is O=C(O)C(CCC[C@@H](Nc1ccc([N+](=O)[O-])cc1[N+](=O)[O-])C(=O)O)Nc1ccc([N+](=O)[O-])cc1[N+](=O)[O-]. The van der Waals surface area contributed by atoms with Gasteiger partial charge in [0.1, 0.15) is 23.5 Å². The molecule has 1 unspecified atom stereocenters. The van der Waals surface area contributed by atoms with Crippen LogP contribution in [-0.2, 0) is 9.59 Å². The lowest BCUT2D eigenvalue weighted by atomic mass is 10.0. The van der Waals surface area contributed by atoms with E-state index < -0.39 is 66.5 Å². The van der Waals surface area contributed by atoms with Crippen molar-refractivity contribution in [3.63, 3.8) is 0 Å². The maximum absolute atomic E-state index is 11.7. The molecule has 0 aliphatic rings. The van der Waals surface area contributed by atoms with Crippen LogP contribution >= 0.6 is 0 Å². The molecule has 18 nitrogen and oxygen atoms in total. The number of benzene rings is 2. The Balaban J connectivity index is 2.16. The standard InChI is InChI=1S/C19H18N6O12/c26-18(27)14(20-12-6-4-10(22(30)31)8-16(12)24(34)35)2-1-3-15(19(28)29)21-13-7-5-11(23(32)33)9-17(13)25(36)37/h4-9,14-15,20-21H,1-3H2,(H,26,27)(H,28,29)/t14-,15?/m1/s1. The van der Waals surface area contributed by atoms with Crippen LogP contribution in [0.25, 0.3) is 0 Å². The largest absolute Gasteiger partial charge is 0.480 e. The van der Waals surface area contributed by atoms with Crippen LogP contribution in [0.2, 0.25) is 0 Å². The number of nitrogens with zero attached hydrogens (tertiary/aromatic N) is 4. The van der Waals surface area contributed by atoms with Gasteiger partial charge in [-0.2, -0.15) is 0 Å². The van der Waals surface area contributed by atoms with Crippen LogP contribution in [-0.4, -0.2) is 53.9 Å². The van der Waals surface area contributed by atoms with E-state index in [2.05, 4.69) is 10.6 Å². The topological polar surface area (TPSA) is 271 Å². The average Bonchev–Trinajstić information content (AvgIpc) is 2.82. The zero-order chi connectivity index (χ0) is 27.9. The van der Waals surface area contributed by atoms with E-state index in [0.29, 0.717) is 12.1 Å². The Morgan fingerprint density at radius 2 is 1.03 bits per heavy atom. The highest BCUT2D eigenvalue weighted by Crippen LogP contribution is 2.31. The lowest BCUT2D eigenvalue weighted by Gasteiger charge is -2.18. The van der Waals surface area contributed by atoms with Gasteiger partial charge in [0.2, 0.25) is 0 Å². The maximum atomic E-state index is 11.7. The molecule has 0 spiro atoms. The van der Waals surface area contributed by atoms with Crippen molar-refractivity contribution in [3.8, 4) is 0 Å². The summed E-state index contributed by atoms with van der Waals surface area (Å²) in [6, 6.07) is 2.23. The highest BCUT2D eigenvalue weighted by atomic mass is 16.6. The molecular formula is C19H18N6O12. The third-order valence-corrected chi connectivity index (χ3v) is 5.02. The van der Waals surface area contributed by atoms with Crippen LogP contribution in [0.1, 0.15) is 19.3 Å². The highest BCUT2D eigenvalue weighted by molar-refractivity contribution is 5.80. The van der Waals surface area contributed by atoms with Crippen molar-refractivity contribution in [2.24, 2.45) is 0 Å². The molecule has 2 aromatic rings. The van der Waals surface area contributed by atoms with E-state index in [1.165, 1.54) is 0 Å². The fourth-order valence-electron chi connectivity index (χ4n) is 3.23. The quantitative estimate of drug-likeness (QED) is 0.205. The fourth-order valence-corrected chi connectivity index (χ4v) is 3.23. The molecule has 0 aliphatic heterocycles. The van der Waals surface area contributed by atoms with Crippen LogP contribution in [0.3, 0.4) is 0 Å². The molecule has 0 saturated heterocycles. The van der Waals surface area contributed by atoms with E-state index in [1.54, 1.807) is 0 Å². The number of anilines is 2. The third-order valence-electron chi connectivity index (χ3n) is 5.02. The van der Waals surface area contributed by atoms with Gasteiger partial charge < -0.3 is 20.8 Å². The number of nitro benzene ring substituents is 4. The van der Waals surface area contributed by atoms with Gasteiger partial charge in [0.05, 0.1) is 31.8 Å². The second-order valence-corrected chi connectivity index (χ2v) is 7.43. The Bertz CT molecular complexity index is 1170. The van der Waals surface area contributed by atoms with Crippen molar-refractivity contribution in [3.05, 3.63) is 76.9 Å². The number of hydrogen-bond acceptors (Lipinski definition) is 12. The van der Waals surface area contributed by atoms with Gasteiger partial charge in [-0.25, -0.2) is 9.59 Å². The zero-order valence-electron chi connectivity index (χ0n) is 18.5. The molecular weight excluding hydrogens is 504 g/mol. The van der Waals surface area contributed by atoms with Gasteiger partial charge in [-0.1, -0.05) is 0 Å². The maximum Gasteiger partial charge on any atom is 0.326 e. The fraction of sp³-hybridized carbons (Fsp3) is 0.263. The van der Waals surface area contributed by atoms with Crippen molar-refractivity contribution in [2.75, 3.05) is 10.6 Å². The molecule has 0 aliphatic carbocycles. The molecule has 18 heteroatoms. The minimum Gasteiger partial charge on any atom is -0.480 e. The van der Waals surface area contributed by atoms with Gasteiger partial charge in [0.15, 0.2) is 0 Å². The van der Waals surface area contributed by atoms with Crippen LogP contribution in [0.15, 0.2) is 36.4 Å². The summed E-state index contributed by atoms with van der Waals surface area (Å²) in [5, 5.41) is 68.0. The van der Waals surface area contributed by atoms with Crippen molar-refractivity contribution >= 4 is 46.1 Å². The smallest absolute Gasteiger partial charge is 0.326 e. The molecule has 196 valence electrons. The van der Waals surface area contributed by atoms with Gasteiger partial charge in [0, 0.05) is 12.1 Å². The minimum atomic E-state index is -1.46. The van der Waals surface area contributed by atoms with E-state index >= 15 is 0 Å². The molecule has 0 bridgehead atoms. The summed E-state index contributed by atoms with van der Waals surface area (Å²) in [7, 11) is 0. The first-order chi connectivity index (χ1) is 17.3. The minimum absolute atomic E-state index is 0.102. The van der Waals surface area contributed by atoms with Crippen molar-refractivity contribution in [1.29, 1.82) is 0 Å². The Kier molecular flexibility index (Phi) is 8.89. The van der Waals surface area contributed by atoms with Gasteiger partial charge in [-0.15, -0.1) is 0 Å². The Morgan fingerprint density at radius 1 is 0.676 bits per heavy atom. The molecule has 0 fully saturated rings. The summed E-state index contributed by atoms with van der Waals surface area (Å²) in [6.45, 7) is 0. The first-order valence-electron chi connectivity index (χ1n) is 10.2. The molecule has 2 aromatic carbocycles. The van der Waals surface area contributed by atoms with E-state index in [-0.39, 0.29) is 30.6 Å². The summed E-state index contributed by atoms with van der Waals surface area (Å²) >= 11 is 0. The van der Waals surface area contributed by atoms with Gasteiger partial charge >= 0.3 is 11.9 Å². The van der Waals surface area contributed by atoms with Gasteiger partial charge in [-0.3, -0.25) is 40.5 Å². The molecule has 0 radical (unpaired) electrons. The lowest BCUT2D eigenvalue weighted by molar-refractivity contribution is -0.393. The molecule has 0 amide bonds. The second kappa shape index (κ2) is 11.8. The number of carboxylic acid groups (broad SMARTS) is 2. The number of non-ortho nitro benzene ring substituents is 2. The predicted octanol–water partition coefficient (Wildman–Crippen LogP) is 2.92. The highest BCUT2D eigenvalue weighted by Gasteiger charge is 2.27. The number of carbonyl (C=O) groups is 2. The summed E-state index contributed by atoms with van der Waals surface area (Å²) in [4.78, 5) is 64.0. The summed E-state index contributed by atoms with van der Waals surface area (Å²) in [5.74, 6) is -2.89. The third kappa shape index (κ3) is 7.28. The second-order valence-electron chi connectivity index (χ2n) is 7.43. The first-order valence-corrected chi connectivity index (χ1v) is 10.2. The van der Waals surface area contributed by atoms with Crippen LogP contribution in [0.5, 0.6) is 0 Å². The Morgan fingerprint density at radius 3 is 1.30 bits per heavy atom. The molecule has 0 saturated carbocycles. The summed E-state index contributed by atoms with van der Waals surface area (Å²) in [5.41, 5.74) is -3.26. The first kappa shape index (κ1) is 27.8. The van der Waals surface area contributed by atoms with Crippen molar-refractivity contribution < 1.29 is 39.5 Å². The van der Waals surface area contributed by atoms with E-state index in [0.717, 1.165) is 24.3 Å². The lowest BCUT2D eigenvalue weighted by Crippen LogP contribution is -2.32. The Labute approximate surface area is 205 Å². The molecule has 0 aromatic heterocycles. The van der Waals surface area contributed by atoms with Crippen LogP contribution in [0, 0.1) is 40.5 Å². The number of nitrogens with one attached hydrogen (secondary N) is 2. The Hall–Kier alpha value is -5.42. The molecule has 2 rings (SSSR count). The number of nitro groups is 4. The van der Waals surface area contributed by atoms with E-state index in [1.807, 2.05) is 0 Å². The van der Waals surface area contributed by atoms with Crippen LogP contribution < -0.4 is 10.6 Å². The monoisotopic (exact) mass is 522 g/mol. The normalized spacial score (nSPS) is 12.1. The molecule has 37 heavy (non-hydrogen) atoms. The molecule has 0 heterocycles. The van der Waals surface area contributed by atoms with Crippen LogP contribution in [0.4, 0.5) is 34.1 Å². The summed E-state index contributed by atoms with van der Waals surface area (Å²) in [6.07, 6.45) is -0.607. The van der Waals surface area contributed by atoms with E-state index in [9.17, 15) is 60.3 Å². The number of aliphatic carboxylic acids is 2. The number of carboxylic acids is 2. The molecule has 2 atom stereocenters. The molecule has 4 N–H and O–H groups in total. The number of hydrogen-bond donors (Lipinski definition) is 4.